The first-order chi connectivity index (χ1) is 10.2. The standard InChI is InChI=1S/C16H23N3O2/c1-19-10-9-17-15(19)14(13-6-5-11-21-13)18-12-16(20)7-3-2-4-8-16/h5-6,9-11,14,18,20H,2-4,7-8,12H2,1H3. The van der Waals surface area contributed by atoms with Gasteiger partial charge in [0.25, 0.3) is 0 Å². The van der Waals surface area contributed by atoms with E-state index in [2.05, 4.69) is 10.3 Å². The molecule has 2 aromatic heterocycles. The number of furan rings is 1. The van der Waals surface area contributed by atoms with Crippen LogP contribution in [0.4, 0.5) is 0 Å². The van der Waals surface area contributed by atoms with Crippen LogP contribution < -0.4 is 5.32 Å². The highest BCUT2D eigenvalue weighted by molar-refractivity contribution is 5.16. The summed E-state index contributed by atoms with van der Waals surface area (Å²) >= 11 is 0. The topological polar surface area (TPSA) is 63.2 Å². The zero-order valence-corrected chi connectivity index (χ0v) is 12.5. The lowest BCUT2D eigenvalue weighted by Crippen LogP contribution is -2.43. The Kier molecular flexibility index (Phi) is 4.12. The molecule has 0 spiro atoms. The van der Waals surface area contributed by atoms with Gasteiger partial charge in [0.05, 0.1) is 11.9 Å². The van der Waals surface area contributed by atoms with Gasteiger partial charge in [0.1, 0.15) is 17.6 Å². The van der Waals surface area contributed by atoms with Crippen molar-refractivity contribution in [2.75, 3.05) is 6.54 Å². The summed E-state index contributed by atoms with van der Waals surface area (Å²) < 4.78 is 7.53. The third kappa shape index (κ3) is 3.19. The molecule has 114 valence electrons. The second-order valence-electron chi connectivity index (χ2n) is 6.01. The Balaban J connectivity index is 1.76. The Bertz CT molecular complexity index is 556. The van der Waals surface area contributed by atoms with E-state index in [1.54, 1.807) is 12.5 Å². The van der Waals surface area contributed by atoms with Gasteiger partial charge in [-0.3, -0.25) is 5.32 Å². The van der Waals surface area contributed by atoms with Crippen molar-refractivity contribution in [3.05, 3.63) is 42.4 Å². The Morgan fingerprint density at radius 3 is 2.86 bits per heavy atom. The number of aryl methyl sites for hydroxylation is 1. The lowest BCUT2D eigenvalue weighted by Gasteiger charge is -2.33. The van der Waals surface area contributed by atoms with Crippen LogP contribution in [0.15, 0.2) is 35.2 Å². The van der Waals surface area contributed by atoms with Gasteiger partial charge in [-0.1, -0.05) is 19.3 Å². The van der Waals surface area contributed by atoms with Crippen molar-refractivity contribution in [1.29, 1.82) is 0 Å². The molecule has 21 heavy (non-hydrogen) atoms. The number of imidazole rings is 1. The molecule has 2 heterocycles. The normalized spacial score (nSPS) is 19.5. The molecule has 1 unspecified atom stereocenters. The summed E-state index contributed by atoms with van der Waals surface area (Å²) in [6, 6.07) is 3.69. The Hall–Kier alpha value is -1.59. The number of aromatic nitrogens is 2. The van der Waals surface area contributed by atoms with Crippen LogP contribution in [-0.4, -0.2) is 26.8 Å². The first-order valence-electron chi connectivity index (χ1n) is 7.64. The van der Waals surface area contributed by atoms with E-state index in [4.69, 9.17) is 4.42 Å². The molecule has 3 rings (SSSR count). The predicted molar refractivity (Wildman–Crippen MR) is 79.8 cm³/mol. The zero-order valence-electron chi connectivity index (χ0n) is 12.5. The molecule has 5 nitrogen and oxygen atoms in total. The second-order valence-corrected chi connectivity index (χ2v) is 6.01. The average molecular weight is 289 g/mol. The first kappa shape index (κ1) is 14.4. The van der Waals surface area contributed by atoms with Crippen molar-refractivity contribution in [2.24, 2.45) is 7.05 Å². The van der Waals surface area contributed by atoms with Crippen LogP contribution in [0.5, 0.6) is 0 Å². The van der Waals surface area contributed by atoms with Gasteiger partial charge in [0, 0.05) is 26.0 Å². The summed E-state index contributed by atoms with van der Waals surface area (Å²) in [6.45, 7) is 0.561. The van der Waals surface area contributed by atoms with Crippen LogP contribution in [-0.2, 0) is 7.05 Å². The molecular formula is C16H23N3O2. The minimum Gasteiger partial charge on any atom is -0.467 e. The van der Waals surface area contributed by atoms with E-state index in [9.17, 15) is 5.11 Å². The van der Waals surface area contributed by atoms with Crippen molar-refractivity contribution in [2.45, 2.75) is 43.7 Å². The fraction of sp³-hybridized carbons (Fsp3) is 0.562. The van der Waals surface area contributed by atoms with Crippen LogP contribution in [0.3, 0.4) is 0 Å². The molecule has 1 fully saturated rings. The highest BCUT2D eigenvalue weighted by Crippen LogP contribution is 2.29. The van der Waals surface area contributed by atoms with Gasteiger partial charge >= 0.3 is 0 Å². The van der Waals surface area contributed by atoms with Crippen molar-refractivity contribution in [1.82, 2.24) is 14.9 Å². The SMILES string of the molecule is Cn1ccnc1C(NCC1(O)CCCCC1)c1ccco1. The van der Waals surface area contributed by atoms with Crippen LogP contribution in [0.2, 0.25) is 0 Å². The summed E-state index contributed by atoms with van der Waals surface area (Å²) in [6.07, 6.45) is 10.5. The van der Waals surface area contributed by atoms with E-state index in [0.29, 0.717) is 6.54 Å². The van der Waals surface area contributed by atoms with Gasteiger partial charge < -0.3 is 14.1 Å². The third-order valence-electron chi connectivity index (χ3n) is 4.36. The lowest BCUT2D eigenvalue weighted by atomic mass is 9.84. The number of rotatable bonds is 5. The minimum absolute atomic E-state index is 0.133. The van der Waals surface area contributed by atoms with Crippen molar-refractivity contribution in [3.63, 3.8) is 0 Å². The minimum atomic E-state index is -0.603. The Labute approximate surface area is 125 Å². The van der Waals surface area contributed by atoms with E-state index in [1.807, 2.05) is 29.9 Å². The van der Waals surface area contributed by atoms with Gasteiger partial charge in [0.2, 0.25) is 0 Å². The van der Waals surface area contributed by atoms with E-state index < -0.39 is 5.60 Å². The third-order valence-corrected chi connectivity index (χ3v) is 4.36. The largest absolute Gasteiger partial charge is 0.467 e. The van der Waals surface area contributed by atoms with Crippen LogP contribution >= 0.6 is 0 Å². The smallest absolute Gasteiger partial charge is 0.133 e. The molecule has 0 bridgehead atoms. The summed E-state index contributed by atoms with van der Waals surface area (Å²) in [4.78, 5) is 4.42. The number of nitrogens with one attached hydrogen (secondary N) is 1. The molecule has 0 amide bonds. The monoisotopic (exact) mass is 289 g/mol. The van der Waals surface area contributed by atoms with Crippen LogP contribution in [0.25, 0.3) is 0 Å². The summed E-state index contributed by atoms with van der Waals surface area (Å²) in [5, 5.41) is 14.1. The van der Waals surface area contributed by atoms with E-state index in [0.717, 1.165) is 37.3 Å². The maximum Gasteiger partial charge on any atom is 0.133 e. The molecule has 0 saturated heterocycles. The van der Waals surface area contributed by atoms with Gasteiger partial charge in [-0.05, 0) is 25.0 Å². The molecule has 1 atom stereocenters. The maximum absolute atomic E-state index is 10.7. The predicted octanol–water partition coefficient (Wildman–Crippen LogP) is 2.39. The van der Waals surface area contributed by atoms with E-state index in [1.165, 1.54) is 6.42 Å². The summed E-state index contributed by atoms with van der Waals surface area (Å²) in [5.74, 6) is 1.72. The number of aliphatic hydroxyl groups is 1. The van der Waals surface area contributed by atoms with Crippen molar-refractivity contribution in [3.8, 4) is 0 Å². The van der Waals surface area contributed by atoms with Crippen molar-refractivity contribution >= 4 is 0 Å². The Morgan fingerprint density at radius 1 is 1.43 bits per heavy atom. The Morgan fingerprint density at radius 2 is 2.24 bits per heavy atom. The molecule has 2 aromatic rings. The van der Waals surface area contributed by atoms with Gasteiger partial charge in [0.15, 0.2) is 0 Å². The number of hydrogen-bond acceptors (Lipinski definition) is 4. The summed E-state index contributed by atoms with van der Waals surface area (Å²) in [7, 11) is 1.97. The molecule has 0 aromatic carbocycles. The molecular weight excluding hydrogens is 266 g/mol. The average Bonchev–Trinajstić information content (AvgIpc) is 3.13. The van der Waals surface area contributed by atoms with Gasteiger partial charge in [-0.15, -0.1) is 0 Å². The first-order valence-corrected chi connectivity index (χ1v) is 7.64. The van der Waals surface area contributed by atoms with Crippen molar-refractivity contribution < 1.29 is 9.52 Å². The van der Waals surface area contributed by atoms with E-state index in [-0.39, 0.29) is 6.04 Å². The fourth-order valence-electron chi connectivity index (χ4n) is 3.11. The van der Waals surface area contributed by atoms with Gasteiger partial charge in [-0.25, -0.2) is 4.98 Å². The zero-order chi connectivity index (χ0) is 14.7. The molecule has 0 aliphatic heterocycles. The molecule has 5 heteroatoms. The molecule has 1 saturated carbocycles. The summed E-state index contributed by atoms with van der Waals surface area (Å²) in [5.41, 5.74) is -0.603. The van der Waals surface area contributed by atoms with Crippen LogP contribution in [0.1, 0.15) is 49.7 Å². The maximum atomic E-state index is 10.7. The fourth-order valence-corrected chi connectivity index (χ4v) is 3.11. The highest BCUT2D eigenvalue weighted by Gasteiger charge is 2.31. The molecule has 1 aliphatic carbocycles. The molecule has 0 radical (unpaired) electrons. The molecule has 1 aliphatic rings. The number of nitrogens with zero attached hydrogens (tertiary/aromatic N) is 2. The highest BCUT2D eigenvalue weighted by atomic mass is 16.3. The van der Waals surface area contributed by atoms with Crippen LogP contribution in [0, 0.1) is 0 Å². The quantitative estimate of drug-likeness (QED) is 0.887. The van der Waals surface area contributed by atoms with Gasteiger partial charge in [-0.2, -0.15) is 0 Å². The second kappa shape index (κ2) is 6.03. The number of hydrogen-bond donors (Lipinski definition) is 2. The lowest BCUT2D eigenvalue weighted by molar-refractivity contribution is 0.00285. The molecule has 2 N–H and O–H groups in total. The van der Waals surface area contributed by atoms with E-state index >= 15 is 0 Å².